The molecule has 5 heteroatoms. The van der Waals surface area contributed by atoms with Crippen molar-refractivity contribution < 1.29 is 9.59 Å². The number of nitrogens with one attached hydrogen (secondary N) is 1. The topological polar surface area (TPSA) is 64.0 Å². The number of carbonyl (C=O) groups is 2. The van der Waals surface area contributed by atoms with E-state index < -0.39 is 0 Å². The van der Waals surface area contributed by atoms with Gasteiger partial charge in [0.05, 0.1) is 0 Å². The lowest BCUT2D eigenvalue weighted by atomic mass is 10.1. The molecule has 5 nitrogen and oxygen atoms in total. The standard InChI is InChI=1S/C15H17N3O2/c1-4-18-10(2)8-14(17-18)15(20)16-13-7-5-6-12(9-13)11(3)19/h5-9H,4H2,1-3H3,(H,16,20). The summed E-state index contributed by atoms with van der Waals surface area (Å²) in [5.74, 6) is -0.312. The molecule has 0 aliphatic rings. The summed E-state index contributed by atoms with van der Waals surface area (Å²) >= 11 is 0. The Bertz CT molecular complexity index is 659. The SMILES string of the molecule is CCn1nc(C(=O)Nc2cccc(C(C)=O)c2)cc1C. The van der Waals surface area contributed by atoms with Crippen molar-refractivity contribution in [2.45, 2.75) is 27.3 Å². The van der Waals surface area contributed by atoms with Gasteiger partial charge < -0.3 is 5.32 Å². The summed E-state index contributed by atoms with van der Waals surface area (Å²) in [6.07, 6.45) is 0. The van der Waals surface area contributed by atoms with Crippen LogP contribution in [-0.2, 0) is 6.54 Å². The summed E-state index contributed by atoms with van der Waals surface area (Å²) in [7, 11) is 0. The third kappa shape index (κ3) is 2.93. The quantitative estimate of drug-likeness (QED) is 0.869. The lowest BCUT2D eigenvalue weighted by Crippen LogP contribution is -2.13. The van der Waals surface area contributed by atoms with Crippen LogP contribution < -0.4 is 5.32 Å². The minimum absolute atomic E-state index is 0.0350. The maximum absolute atomic E-state index is 12.1. The van der Waals surface area contributed by atoms with E-state index in [1.54, 1.807) is 35.0 Å². The average Bonchev–Trinajstić information content (AvgIpc) is 2.80. The second-order valence-corrected chi connectivity index (χ2v) is 4.58. The van der Waals surface area contributed by atoms with Crippen LogP contribution in [0.15, 0.2) is 30.3 Å². The monoisotopic (exact) mass is 271 g/mol. The Labute approximate surface area is 117 Å². The fourth-order valence-electron chi connectivity index (χ4n) is 1.95. The van der Waals surface area contributed by atoms with E-state index in [2.05, 4.69) is 10.4 Å². The Morgan fingerprint density at radius 2 is 2.05 bits per heavy atom. The molecular weight excluding hydrogens is 254 g/mol. The van der Waals surface area contributed by atoms with E-state index in [0.29, 0.717) is 16.9 Å². The number of amides is 1. The molecule has 0 unspecified atom stereocenters. The number of rotatable bonds is 4. The Hall–Kier alpha value is -2.43. The third-order valence-corrected chi connectivity index (χ3v) is 3.04. The number of hydrogen-bond donors (Lipinski definition) is 1. The lowest BCUT2D eigenvalue weighted by Gasteiger charge is -2.04. The van der Waals surface area contributed by atoms with Crippen LogP contribution in [0.5, 0.6) is 0 Å². The largest absolute Gasteiger partial charge is 0.321 e. The van der Waals surface area contributed by atoms with E-state index in [1.807, 2.05) is 13.8 Å². The van der Waals surface area contributed by atoms with Crippen LogP contribution in [0, 0.1) is 6.92 Å². The number of nitrogens with zero attached hydrogens (tertiary/aromatic N) is 2. The summed E-state index contributed by atoms with van der Waals surface area (Å²) in [5.41, 5.74) is 2.47. The van der Waals surface area contributed by atoms with Gasteiger partial charge in [-0.1, -0.05) is 12.1 Å². The van der Waals surface area contributed by atoms with Gasteiger partial charge in [0, 0.05) is 23.5 Å². The fourth-order valence-corrected chi connectivity index (χ4v) is 1.95. The number of anilines is 1. The first kappa shape index (κ1) is 14.0. The van der Waals surface area contributed by atoms with Crippen molar-refractivity contribution in [3.8, 4) is 0 Å². The van der Waals surface area contributed by atoms with Crippen molar-refractivity contribution in [3.05, 3.63) is 47.3 Å². The van der Waals surface area contributed by atoms with Crippen molar-refractivity contribution in [3.63, 3.8) is 0 Å². The summed E-state index contributed by atoms with van der Waals surface area (Å²) in [6, 6.07) is 8.60. The van der Waals surface area contributed by atoms with Crippen LogP contribution in [0.1, 0.15) is 40.4 Å². The summed E-state index contributed by atoms with van der Waals surface area (Å²) in [4.78, 5) is 23.4. The Morgan fingerprint density at radius 3 is 2.65 bits per heavy atom. The molecule has 0 aliphatic heterocycles. The predicted molar refractivity (Wildman–Crippen MR) is 77.0 cm³/mol. The molecule has 1 aromatic heterocycles. The number of Topliss-reactive ketones (excluding diaryl/α,β-unsaturated/α-hetero) is 1. The fraction of sp³-hybridized carbons (Fsp3) is 0.267. The van der Waals surface area contributed by atoms with Crippen molar-refractivity contribution >= 4 is 17.4 Å². The van der Waals surface area contributed by atoms with Gasteiger partial charge in [-0.15, -0.1) is 0 Å². The molecule has 0 saturated carbocycles. The van der Waals surface area contributed by atoms with Gasteiger partial charge in [0.1, 0.15) is 0 Å². The molecule has 0 saturated heterocycles. The zero-order valence-corrected chi connectivity index (χ0v) is 11.8. The van der Waals surface area contributed by atoms with Crippen LogP contribution in [-0.4, -0.2) is 21.5 Å². The van der Waals surface area contributed by atoms with Gasteiger partial charge in [0.15, 0.2) is 11.5 Å². The maximum Gasteiger partial charge on any atom is 0.276 e. The molecule has 1 N–H and O–H groups in total. The Balaban J connectivity index is 2.18. The number of aromatic nitrogens is 2. The second-order valence-electron chi connectivity index (χ2n) is 4.58. The van der Waals surface area contributed by atoms with Gasteiger partial charge in [-0.2, -0.15) is 5.10 Å². The van der Waals surface area contributed by atoms with Crippen molar-refractivity contribution in [2.24, 2.45) is 0 Å². The lowest BCUT2D eigenvalue weighted by molar-refractivity contribution is 0.100. The first-order valence-electron chi connectivity index (χ1n) is 6.48. The zero-order valence-electron chi connectivity index (χ0n) is 11.8. The maximum atomic E-state index is 12.1. The third-order valence-electron chi connectivity index (χ3n) is 3.04. The average molecular weight is 271 g/mol. The van der Waals surface area contributed by atoms with E-state index in [-0.39, 0.29) is 11.7 Å². The zero-order chi connectivity index (χ0) is 14.7. The highest BCUT2D eigenvalue weighted by molar-refractivity contribution is 6.04. The van der Waals surface area contributed by atoms with Gasteiger partial charge in [-0.05, 0) is 39.0 Å². The van der Waals surface area contributed by atoms with Crippen molar-refractivity contribution in [1.82, 2.24) is 9.78 Å². The van der Waals surface area contributed by atoms with Crippen molar-refractivity contribution in [2.75, 3.05) is 5.32 Å². The molecule has 2 rings (SSSR count). The highest BCUT2D eigenvalue weighted by Gasteiger charge is 2.12. The molecule has 2 aromatic rings. The number of aryl methyl sites for hydroxylation is 2. The molecule has 0 radical (unpaired) electrons. The molecule has 0 fully saturated rings. The second kappa shape index (κ2) is 5.69. The van der Waals surface area contributed by atoms with Gasteiger partial charge in [-0.25, -0.2) is 0 Å². The predicted octanol–water partition coefficient (Wildman–Crippen LogP) is 2.67. The van der Waals surface area contributed by atoms with Gasteiger partial charge in [0.25, 0.3) is 5.91 Å². The highest BCUT2D eigenvalue weighted by Crippen LogP contribution is 2.13. The van der Waals surface area contributed by atoms with Gasteiger partial charge >= 0.3 is 0 Å². The number of ketones is 1. The van der Waals surface area contributed by atoms with Crippen LogP contribution in [0.3, 0.4) is 0 Å². The summed E-state index contributed by atoms with van der Waals surface area (Å²) in [5, 5.41) is 6.97. The normalized spacial score (nSPS) is 10.3. The number of benzene rings is 1. The molecule has 0 aliphatic carbocycles. The van der Waals surface area contributed by atoms with Crippen molar-refractivity contribution in [1.29, 1.82) is 0 Å². The Kier molecular flexibility index (Phi) is 3.98. The smallest absolute Gasteiger partial charge is 0.276 e. The van der Waals surface area contributed by atoms with Crippen LogP contribution >= 0.6 is 0 Å². The minimum atomic E-state index is -0.277. The molecule has 0 spiro atoms. The summed E-state index contributed by atoms with van der Waals surface area (Å²) in [6.45, 7) is 6.09. The van der Waals surface area contributed by atoms with Crippen LogP contribution in [0.2, 0.25) is 0 Å². The molecule has 0 bridgehead atoms. The number of hydrogen-bond acceptors (Lipinski definition) is 3. The molecule has 20 heavy (non-hydrogen) atoms. The first-order valence-corrected chi connectivity index (χ1v) is 6.48. The van der Waals surface area contributed by atoms with E-state index in [4.69, 9.17) is 0 Å². The van der Waals surface area contributed by atoms with E-state index in [9.17, 15) is 9.59 Å². The molecule has 0 atom stereocenters. The molecular formula is C15H17N3O2. The Morgan fingerprint density at radius 1 is 1.30 bits per heavy atom. The van der Waals surface area contributed by atoms with E-state index in [0.717, 1.165) is 12.2 Å². The van der Waals surface area contributed by atoms with E-state index in [1.165, 1.54) is 6.92 Å². The highest BCUT2D eigenvalue weighted by atomic mass is 16.2. The number of carbonyl (C=O) groups excluding carboxylic acids is 2. The molecule has 1 heterocycles. The summed E-state index contributed by atoms with van der Waals surface area (Å²) < 4.78 is 1.76. The first-order chi connectivity index (χ1) is 9.51. The minimum Gasteiger partial charge on any atom is -0.321 e. The van der Waals surface area contributed by atoms with Gasteiger partial charge in [0.2, 0.25) is 0 Å². The molecule has 104 valence electrons. The van der Waals surface area contributed by atoms with Gasteiger partial charge in [-0.3, -0.25) is 14.3 Å². The van der Waals surface area contributed by atoms with Crippen LogP contribution in [0.4, 0.5) is 5.69 Å². The molecule has 1 aromatic carbocycles. The van der Waals surface area contributed by atoms with Crippen LogP contribution in [0.25, 0.3) is 0 Å². The molecule has 1 amide bonds. The van der Waals surface area contributed by atoms with E-state index >= 15 is 0 Å².